The van der Waals surface area contributed by atoms with E-state index in [4.69, 9.17) is 16.2 Å². The Morgan fingerprint density at radius 2 is 1.70 bits per heavy atom. The molecule has 162 valence electrons. The molecule has 30 heavy (non-hydrogen) atoms. The number of carbonyl (C=O) groups excluding carboxylic acids is 3. The summed E-state index contributed by atoms with van der Waals surface area (Å²) in [4.78, 5) is 38.8. The third-order valence-corrected chi connectivity index (χ3v) is 4.58. The van der Waals surface area contributed by atoms with Crippen LogP contribution in [0.5, 0.6) is 5.88 Å². The number of halogens is 1. The van der Waals surface area contributed by atoms with E-state index in [-0.39, 0.29) is 24.7 Å². The van der Waals surface area contributed by atoms with Gasteiger partial charge >= 0.3 is 6.09 Å². The van der Waals surface area contributed by atoms with Crippen LogP contribution in [-0.4, -0.2) is 69.7 Å². The summed E-state index contributed by atoms with van der Waals surface area (Å²) >= 11 is 0. The molecule has 1 aromatic carbocycles. The SMILES string of the molecule is Cc1cc(OC(=O)N2CCN(C(=O)[C@@H](N)CC(N)=O)CC2)n(-c2ccccc2)n1.Cl. The normalized spacial score (nSPS) is 14.6. The molecule has 1 fully saturated rings. The van der Waals surface area contributed by atoms with Gasteiger partial charge in [0.25, 0.3) is 0 Å². The van der Waals surface area contributed by atoms with Crippen LogP contribution in [0.3, 0.4) is 0 Å². The van der Waals surface area contributed by atoms with Gasteiger partial charge in [-0.05, 0) is 19.1 Å². The number of primary amides is 1. The number of benzene rings is 1. The molecule has 3 amide bonds. The first kappa shape index (κ1) is 23.2. The van der Waals surface area contributed by atoms with Crippen molar-refractivity contribution in [1.82, 2.24) is 19.6 Å². The van der Waals surface area contributed by atoms with Gasteiger partial charge in [-0.25, -0.2) is 9.48 Å². The molecule has 0 radical (unpaired) electrons. The van der Waals surface area contributed by atoms with E-state index in [0.717, 1.165) is 11.4 Å². The maximum atomic E-state index is 12.6. The van der Waals surface area contributed by atoms with Crippen LogP contribution in [0.2, 0.25) is 0 Å². The molecule has 1 atom stereocenters. The highest BCUT2D eigenvalue weighted by Crippen LogP contribution is 2.20. The smallest absolute Gasteiger partial charge is 0.391 e. The first-order valence-corrected chi connectivity index (χ1v) is 9.26. The number of nitrogens with zero attached hydrogens (tertiary/aromatic N) is 4. The van der Waals surface area contributed by atoms with Gasteiger partial charge in [0.2, 0.25) is 17.7 Å². The van der Waals surface area contributed by atoms with Crippen molar-refractivity contribution in [2.75, 3.05) is 26.2 Å². The summed E-state index contributed by atoms with van der Waals surface area (Å²) in [5.74, 6) is -0.659. The van der Waals surface area contributed by atoms with Gasteiger partial charge in [0.05, 0.1) is 23.8 Å². The Bertz CT molecular complexity index is 896. The molecule has 3 rings (SSSR count). The number of para-hydroxylation sites is 1. The van der Waals surface area contributed by atoms with E-state index < -0.39 is 18.0 Å². The van der Waals surface area contributed by atoms with Gasteiger partial charge in [-0.3, -0.25) is 9.59 Å². The molecule has 1 aliphatic heterocycles. The number of amides is 3. The largest absolute Gasteiger partial charge is 0.416 e. The highest BCUT2D eigenvalue weighted by Gasteiger charge is 2.29. The van der Waals surface area contributed by atoms with E-state index in [0.29, 0.717) is 32.1 Å². The first-order chi connectivity index (χ1) is 13.8. The van der Waals surface area contributed by atoms with Crippen LogP contribution in [0.1, 0.15) is 12.1 Å². The van der Waals surface area contributed by atoms with E-state index in [1.165, 1.54) is 9.80 Å². The monoisotopic (exact) mass is 436 g/mol. The summed E-state index contributed by atoms with van der Waals surface area (Å²) < 4.78 is 7.12. The van der Waals surface area contributed by atoms with Gasteiger partial charge in [0.15, 0.2) is 0 Å². The van der Waals surface area contributed by atoms with Gasteiger partial charge < -0.3 is 26.0 Å². The van der Waals surface area contributed by atoms with Crippen molar-refractivity contribution in [1.29, 1.82) is 0 Å². The van der Waals surface area contributed by atoms with Crippen LogP contribution in [0.25, 0.3) is 5.69 Å². The van der Waals surface area contributed by atoms with E-state index in [1.54, 1.807) is 10.7 Å². The van der Waals surface area contributed by atoms with Crippen molar-refractivity contribution in [3.05, 3.63) is 42.1 Å². The molecule has 0 spiro atoms. The van der Waals surface area contributed by atoms with Crippen LogP contribution in [0.15, 0.2) is 36.4 Å². The highest BCUT2D eigenvalue weighted by atomic mass is 35.5. The van der Waals surface area contributed by atoms with Crippen molar-refractivity contribution in [2.45, 2.75) is 19.4 Å². The number of rotatable bonds is 5. The zero-order chi connectivity index (χ0) is 21.0. The Balaban J connectivity index is 0.00000320. The number of piperazine rings is 1. The van der Waals surface area contributed by atoms with Crippen LogP contribution in [-0.2, 0) is 9.59 Å². The molecule has 4 N–H and O–H groups in total. The topological polar surface area (TPSA) is 137 Å². The maximum absolute atomic E-state index is 12.6. The van der Waals surface area contributed by atoms with Gasteiger partial charge in [-0.1, -0.05) is 18.2 Å². The van der Waals surface area contributed by atoms with Crippen molar-refractivity contribution in [3.63, 3.8) is 0 Å². The molecule has 11 heteroatoms. The number of aryl methyl sites for hydroxylation is 1. The molecule has 10 nitrogen and oxygen atoms in total. The Morgan fingerprint density at radius 1 is 1.10 bits per heavy atom. The molecule has 1 aromatic heterocycles. The first-order valence-electron chi connectivity index (χ1n) is 9.26. The van der Waals surface area contributed by atoms with E-state index in [2.05, 4.69) is 5.10 Å². The van der Waals surface area contributed by atoms with Crippen molar-refractivity contribution in [3.8, 4) is 11.6 Å². The second-order valence-corrected chi connectivity index (χ2v) is 6.83. The quantitative estimate of drug-likeness (QED) is 0.698. The average molecular weight is 437 g/mol. The van der Waals surface area contributed by atoms with Gasteiger partial charge in [0.1, 0.15) is 0 Å². The second kappa shape index (κ2) is 10.1. The van der Waals surface area contributed by atoms with E-state index >= 15 is 0 Å². The van der Waals surface area contributed by atoms with E-state index in [9.17, 15) is 14.4 Å². The molecule has 2 heterocycles. The number of carbonyl (C=O) groups is 3. The van der Waals surface area contributed by atoms with Gasteiger partial charge in [-0.2, -0.15) is 5.10 Å². The third-order valence-electron chi connectivity index (χ3n) is 4.58. The zero-order valence-corrected chi connectivity index (χ0v) is 17.4. The average Bonchev–Trinajstić information content (AvgIpc) is 3.07. The summed E-state index contributed by atoms with van der Waals surface area (Å²) in [6, 6.07) is 10.1. The Kier molecular flexibility index (Phi) is 7.79. The molecule has 0 saturated carbocycles. The fraction of sp³-hybridized carbons (Fsp3) is 0.368. The van der Waals surface area contributed by atoms with Gasteiger partial charge in [-0.15, -0.1) is 12.4 Å². The molecule has 2 aromatic rings. The Hall–Kier alpha value is -3.11. The molecule has 0 aliphatic carbocycles. The fourth-order valence-corrected chi connectivity index (χ4v) is 3.10. The molecule has 1 aliphatic rings. The summed E-state index contributed by atoms with van der Waals surface area (Å²) in [5.41, 5.74) is 12.3. The van der Waals surface area contributed by atoms with Crippen molar-refractivity contribution >= 4 is 30.3 Å². The lowest BCUT2D eigenvalue weighted by molar-refractivity contribution is -0.136. The number of aromatic nitrogens is 2. The van der Waals surface area contributed by atoms with Crippen LogP contribution >= 0.6 is 12.4 Å². The van der Waals surface area contributed by atoms with Crippen LogP contribution in [0.4, 0.5) is 4.79 Å². The molecule has 0 unspecified atom stereocenters. The number of ether oxygens (including phenoxy) is 1. The van der Waals surface area contributed by atoms with Gasteiger partial charge in [0, 0.05) is 32.2 Å². The Labute approximate surface area is 180 Å². The maximum Gasteiger partial charge on any atom is 0.416 e. The lowest BCUT2D eigenvalue weighted by Gasteiger charge is -2.35. The summed E-state index contributed by atoms with van der Waals surface area (Å²) in [7, 11) is 0. The Morgan fingerprint density at radius 3 is 2.30 bits per heavy atom. The minimum atomic E-state index is -0.964. The second-order valence-electron chi connectivity index (χ2n) is 6.83. The summed E-state index contributed by atoms with van der Waals surface area (Å²) in [6.45, 7) is 3.02. The fourth-order valence-electron chi connectivity index (χ4n) is 3.10. The molecule has 0 bridgehead atoms. The van der Waals surface area contributed by atoms with Crippen LogP contribution < -0.4 is 16.2 Å². The minimum Gasteiger partial charge on any atom is -0.391 e. The predicted octanol–water partition coefficient (Wildman–Crippen LogP) is 0.448. The lowest BCUT2D eigenvalue weighted by Crippen LogP contribution is -2.55. The van der Waals surface area contributed by atoms with Crippen molar-refractivity contribution < 1.29 is 19.1 Å². The summed E-state index contributed by atoms with van der Waals surface area (Å²) in [6.07, 6.45) is -0.722. The van der Waals surface area contributed by atoms with Crippen molar-refractivity contribution in [2.24, 2.45) is 11.5 Å². The number of hydrogen-bond donors (Lipinski definition) is 2. The minimum absolute atomic E-state index is 0. The zero-order valence-electron chi connectivity index (χ0n) is 16.6. The van der Waals surface area contributed by atoms with Crippen LogP contribution in [0, 0.1) is 6.92 Å². The number of nitrogens with two attached hydrogens (primary N) is 2. The third kappa shape index (κ3) is 5.49. The lowest BCUT2D eigenvalue weighted by atomic mass is 10.1. The molecular formula is C19H25ClN6O4. The highest BCUT2D eigenvalue weighted by molar-refractivity contribution is 5.87. The molecular weight excluding hydrogens is 412 g/mol. The summed E-state index contributed by atoms with van der Waals surface area (Å²) in [5, 5.41) is 4.37. The standard InChI is InChI=1S/C19H24N6O4.ClH/c1-13-11-17(25(22-13)14-5-3-2-4-6-14)29-19(28)24-9-7-23(8-10-24)18(27)15(20)12-16(21)26;/h2-6,11,15H,7-10,12,20H2,1H3,(H2,21,26);1H/t15-;/m0./s1. The predicted molar refractivity (Wildman–Crippen MR) is 112 cm³/mol. The van der Waals surface area contributed by atoms with E-state index in [1.807, 2.05) is 37.3 Å². The number of hydrogen-bond acceptors (Lipinski definition) is 6. The molecule has 1 saturated heterocycles.